The number of hydrogen-bond donors (Lipinski definition) is 2. The number of hydrogen-bond acceptors (Lipinski definition) is 4. The number of carbonyl (C=O) groups is 1. The van der Waals surface area contributed by atoms with Crippen molar-refractivity contribution in [3.8, 4) is 11.5 Å². The van der Waals surface area contributed by atoms with Crippen LogP contribution < -0.4 is 10.1 Å². The first kappa shape index (κ1) is 17.4. The molecule has 0 fully saturated rings. The number of ether oxygens (including phenoxy) is 2. The van der Waals surface area contributed by atoms with Crippen molar-refractivity contribution in [2.24, 2.45) is 0 Å². The number of phenolic OH excluding ortho intramolecular Hbond substituents is 1. The monoisotopic (exact) mass is 327 g/mol. The van der Waals surface area contributed by atoms with Crippen LogP contribution in [0.3, 0.4) is 0 Å². The van der Waals surface area contributed by atoms with Crippen molar-refractivity contribution in [3.63, 3.8) is 0 Å². The van der Waals surface area contributed by atoms with E-state index >= 15 is 0 Å². The number of phenols is 1. The standard InChI is InChI=1S/C19H21NO4/c1-23-18-11-10-17(21)13-16(18)9-5-6-12-20-19(22)24-14-15-7-3-2-4-8-15/h2-5,7-11,13,21H,6,12,14H2,1H3,(H,20,22). The lowest BCUT2D eigenvalue weighted by atomic mass is 10.1. The van der Waals surface area contributed by atoms with E-state index in [0.29, 0.717) is 18.7 Å². The Bertz CT molecular complexity index is 683. The SMILES string of the molecule is COc1ccc(O)cc1C=CCCNC(=O)OCc1ccccc1. The van der Waals surface area contributed by atoms with E-state index in [1.165, 1.54) is 0 Å². The van der Waals surface area contributed by atoms with Crippen molar-refractivity contribution >= 4 is 12.2 Å². The molecular formula is C19H21NO4. The zero-order valence-corrected chi connectivity index (χ0v) is 13.6. The second kappa shape index (κ2) is 9.25. The minimum atomic E-state index is -0.442. The van der Waals surface area contributed by atoms with Crippen LogP contribution in [-0.2, 0) is 11.3 Å². The van der Waals surface area contributed by atoms with Crippen molar-refractivity contribution in [2.75, 3.05) is 13.7 Å². The van der Waals surface area contributed by atoms with E-state index in [0.717, 1.165) is 11.1 Å². The van der Waals surface area contributed by atoms with E-state index < -0.39 is 6.09 Å². The Morgan fingerprint density at radius 1 is 1.21 bits per heavy atom. The number of carbonyl (C=O) groups excluding carboxylic acids is 1. The third-order valence-corrected chi connectivity index (χ3v) is 3.30. The van der Waals surface area contributed by atoms with Gasteiger partial charge in [-0.05, 0) is 30.2 Å². The fourth-order valence-electron chi connectivity index (χ4n) is 2.09. The van der Waals surface area contributed by atoms with E-state index in [4.69, 9.17) is 9.47 Å². The van der Waals surface area contributed by atoms with E-state index in [1.54, 1.807) is 25.3 Å². The molecule has 0 heterocycles. The third kappa shape index (κ3) is 5.68. The van der Waals surface area contributed by atoms with Gasteiger partial charge in [-0.15, -0.1) is 0 Å². The Morgan fingerprint density at radius 3 is 2.75 bits per heavy atom. The molecule has 0 saturated heterocycles. The summed E-state index contributed by atoms with van der Waals surface area (Å²) in [5.74, 6) is 0.859. The first-order valence-corrected chi connectivity index (χ1v) is 7.67. The van der Waals surface area contributed by atoms with Crippen LogP contribution in [0.25, 0.3) is 6.08 Å². The lowest BCUT2D eigenvalue weighted by Crippen LogP contribution is -2.24. The van der Waals surface area contributed by atoms with Gasteiger partial charge in [0.05, 0.1) is 7.11 Å². The van der Waals surface area contributed by atoms with Crippen molar-refractivity contribution in [2.45, 2.75) is 13.0 Å². The normalized spacial score (nSPS) is 10.5. The lowest BCUT2D eigenvalue weighted by molar-refractivity contribution is 0.140. The van der Waals surface area contributed by atoms with Crippen LogP contribution in [0.15, 0.2) is 54.6 Å². The first-order chi connectivity index (χ1) is 11.7. The molecule has 0 unspecified atom stereocenters. The van der Waals surface area contributed by atoms with Crippen LogP contribution in [0.5, 0.6) is 11.5 Å². The number of amides is 1. The van der Waals surface area contributed by atoms with Gasteiger partial charge in [-0.25, -0.2) is 4.79 Å². The van der Waals surface area contributed by atoms with Crippen LogP contribution in [0.4, 0.5) is 4.79 Å². The molecule has 2 aromatic carbocycles. The van der Waals surface area contributed by atoms with Crippen molar-refractivity contribution < 1.29 is 19.4 Å². The molecule has 24 heavy (non-hydrogen) atoms. The number of methoxy groups -OCH3 is 1. The Hall–Kier alpha value is -2.95. The molecule has 5 nitrogen and oxygen atoms in total. The molecule has 0 aliphatic carbocycles. The van der Waals surface area contributed by atoms with Crippen LogP contribution in [0.1, 0.15) is 17.5 Å². The van der Waals surface area contributed by atoms with E-state index in [2.05, 4.69) is 5.32 Å². The van der Waals surface area contributed by atoms with Gasteiger partial charge in [0.15, 0.2) is 0 Å². The first-order valence-electron chi connectivity index (χ1n) is 7.67. The highest BCUT2D eigenvalue weighted by atomic mass is 16.5. The number of benzene rings is 2. The summed E-state index contributed by atoms with van der Waals surface area (Å²) in [6.07, 6.45) is 3.94. The fourth-order valence-corrected chi connectivity index (χ4v) is 2.09. The molecule has 0 aliphatic rings. The number of rotatable bonds is 7. The van der Waals surface area contributed by atoms with Gasteiger partial charge in [0.1, 0.15) is 18.1 Å². The van der Waals surface area contributed by atoms with Crippen molar-refractivity contribution in [1.29, 1.82) is 0 Å². The fraction of sp³-hybridized carbons (Fsp3) is 0.211. The van der Waals surface area contributed by atoms with Gasteiger partial charge in [0.2, 0.25) is 0 Å². The molecule has 0 saturated carbocycles. The molecule has 2 N–H and O–H groups in total. The van der Waals surface area contributed by atoms with E-state index in [1.807, 2.05) is 42.5 Å². The van der Waals surface area contributed by atoms with Gasteiger partial charge in [0, 0.05) is 12.1 Å². The molecule has 126 valence electrons. The molecule has 2 rings (SSSR count). The van der Waals surface area contributed by atoms with Crippen molar-refractivity contribution in [1.82, 2.24) is 5.32 Å². The van der Waals surface area contributed by atoms with E-state index in [-0.39, 0.29) is 12.4 Å². The van der Waals surface area contributed by atoms with Gasteiger partial charge in [-0.1, -0.05) is 42.5 Å². The summed E-state index contributed by atoms with van der Waals surface area (Å²) >= 11 is 0. The highest BCUT2D eigenvalue weighted by molar-refractivity contribution is 5.67. The summed E-state index contributed by atoms with van der Waals surface area (Å²) in [7, 11) is 1.58. The second-order valence-electron chi connectivity index (χ2n) is 5.11. The predicted octanol–water partition coefficient (Wildman–Crippen LogP) is 3.73. The van der Waals surface area contributed by atoms with Gasteiger partial charge in [-0.3, -0.25) is 0 Å². The second-order valence-corrected chi connectivity index (χ2v) is 5.11. The zero-order valence-electron chi connectivity index (χ0n) is 13.6. The molecular weight excluding hydrogens is 306 g/mol. The van der Waals surface area contributed by atoms with Gasteiger partial charge >= 0.3 is 6.09 Å². The lowest BCUT2D eigenvalue weighted by Gasteiger charge is -2.06. The Kier molecular flexibility index (Phi) is 6.71. The highest BCUT2D eigenvalue weighted by Crippen LogP contribution is 2.24. The summed E-state index contributed by atoms with van der Waals surface area (Å²) in [6.45, 7) is 0.717. The quantitative estimate of drug-likeness (QED) is 0.760. The summed E-state index contributed by atoms with van der Waals surface area (Å²) in [5.41, 5.74) is 1.73. The van der Waals surface area contributed by atoms with E-state index in [9.17, 15) is 9.90 Å². The maximum atomic E-state index is 11.6. The van der Waals surface area contributed by atoms with Crippen LogP contribution >= 0.6 is 0 Å². The number of alkyl carbamates (subject to hydrolysis) is 1. The molecule has 2 aromatic rings. The predicted molar refractivity (Wildman–Crippen MR) is 92.9 cm³/mol. The van der Waals surface area contributed by atoms with Crippen molar-refractivity contribution in [3.05, 3.63) is 65.7 Å². The topological polar surface area (TPSA) is 67.8 Å². The van der Waals surface area contributed by atoms with Crippen LogP contribution in [0.2, 0.25) is 0 Å². The average molecular weight is 327 g/mol. The Balaban J connectivity index is 1.70. The van der Waals surface area contributed by atoms with Gasteiger partial charge in [0.25, 0.3) is 0 Å². The zero-order chi connectivity index (χ0) is 17.2. The molecule has 0 aliphatic heterocycles. The molecule has 1 amide bonds. The Labute approximate surface area is 141 Å². The van der Waals surface area contributed by atoms with Crippen LogP contribution in [0, 0.1) is 0 Å². The molecule has 0 atom stereocenters. The van der Waals surface area contributed by atoms with Crippen LogP contribution in [-0.4, -0.2) is 24.9 Å². The van der Waals surface area contributed by atoms with Gasteiger partial charge < -0.3 is 19.9 Å². The minimum absolute atomic E-state index is 0.179. The van der Waals surface area contributed by atoms with Gasteiger partial charge in [-0.2, -0.15) is 0 Å². The summed E-state index contributed by atoms with van der Waals surface area (Å²) in [5, 5.41) is 12.2. The molecule has 0 radical (unpaired) electrons. The summed E-state index contributed by atoms with van der Waals surface area (Å²) in [6, 6.07) is 14.4. The smallest absolute Gasteiger partial charge is 0.407 e. The highest BCUT2D eigenvalue weighted by Gasteiger charge is 2.02. The molecule has 5 heteroatoms. The average Bonchev–Trinajstić information content (AvgIpc) is 2.61. The maximum Gasteiger partial charge on any atom is 0.407 e. The molecule has 0 aromatic heterocycles. The Morgan fingerprint density at radius 2 is 2.00 bits per heavy atom. The minimum Gasteiger partial charge on any atom is -0.508 e. The summed E-state index contributed by atoms with van der Waals surface area (Å²) in [4.78, 5) is 11.6. The molecule has 0 bridgehead atoms. The maximum absolute atomic E-state index is 11.6. The number of nitrogens with one attached hydrogen (secondary N) is 1. The summed E-state index contributed by atoms with van der Waals surface area (Å²) < 4.78 is 10.3. The third-order valence-electron chi connectivity index (χ3n) is 3.30. The molecule has 0 spiro atoms. The number of aromatic hydroxyl groups is 1. The largest absolute Gasteiger partial charge is 0.508 e.